The van der Waals surface area contributed by atoms with Gasteiger partial charge in [-0.2, -0.15) is 0 Å². The van der Waals surface area contributed by atoms with E-state index in [1.807, 2.05) is 0 Å². The Bertz CT molecular complexity index is 339. The van der Waals surface area contributed by atoms with Gasteiger partial charge in [-0.05, 0) is 19.3 Å². The van der Waals surface area contributed by atoms with Gasteiger partial charge < -0.3 is 15.7 Å². The van der Waals surface area contributed by atoms with E-state index in [0.29, 0.717) is 6.04 Å². The first-order valence-corrected chi connectivity index (χ1v) is 5.78. The highest BCUT2D eigenvalue weighted by Gasteiger charge is 2.27. The Morgan fingerprint density at radius 3 is 2.81 bits per heavy atom. The van der Waals surface area contributed by atoms with Crippen molar-refractivity contribution in [2.45, 2.75) is 38.3 Å². The summed E-state index contributed by atoms with van der Waals surface area (Å²) >= 11 is 0. The average Bonchev–Trinajstić information content (AvgIpc) is 2.25. The molecule has 5 heteroatoms. The summed E-state index contributed by atoms with van der Waals surface area (Å²) in [4.78, 5) is 8.51. The van der Waals surface area contributed by atoms with Gasteiger partial charge in [0, 0.05) is 12.6 Å². The Balaban J connectivity index is 1.88. The van der Waals surface area contributed by atoms with Crippen molar-refractivity contribution in [3.63, 3.8) is 0 Å². The van der Waals surface area contributed by atoms with Crippen LogP contribution in [0, 0.1) is 0 Å². The summed E-state index contributed by atoms with van der Waals surface area (Å²) in [6.45, 7) is 3.01. The molecule has 0 amide bonds. The summed E-state index contributed by atoms with van der Waals surface area (Å²) in [6.07, 6.45) is 5.95. The Morgan fingerprint density at radius 1 is 1.38 bits per heavy atom. The van der Waals surface area contributed by atoms with Gasteiger partial charge in [0.25, 0.3) is 0 Å². The van der Waals surface area contributed by atoms with Crippen molar-refractivity contribution in [1.29, 1.82) is 0 Å². The van der Waals surface area contributed by atoms with E-state index < -0.39 is 0 Å². The molecule has 0 spiro atoms. The van der Waals surface area contributed by atoms with Crippen LogP contribution >= 0.6 is 0 Å². The van der Waals surface area contributed by atoms with Gasteiger partial charge in [0.15, 0.2) is 0 Å². The van der Waals surface area contributed by atoms with Gasteiger partial charge in [0.1, 0.15) is 11.6 Å². The van der Waals surface area contributed by atoms with Crippen molar-refractivity contribution in [3.8, 4) is 0 Å². The van der Waals surface area contributed by atoms with Crippen molar-refractivity contribution in [3.05, 3.63) is 12.4 Å². The minimum absolute atomic E-state index is 0.146. The van der Waals surface area contributed by atoms with Gasteiger partial charge in [-0.15, -0.1) is 0 Å². The molecule has 2 rings (SSSR count). The van der Waals surface area contributed by atoms with Crippen molar-refractivity contribution in [2.75, 3.05) is 17.2 Å². The third-order valence-electron chi connectivity index (χ3n) is 2.66. The predicted octanol–water partition coefficient (Wildman–Crippen LogP) is 1.23. The van der Waals surface area contributed by atoms with Crippen molar-refractivity contribution in [1.82, 2.24) is 9.97 Å². The number of rotatable bonds is 5. The second-order valence-corrected chi connectivity index (χ2v) is 4.18. The number of hydrogen-bond acceptors (Lipinski definition) is 5. The lowest BCUT2D eigenvalue weighted by atomic mass is 9.90. The molecule has 0 bridgehead atoms. The molecule has 5 nitrogen and oxygen atoms in total. The first-order valence-electron chi connectivity index (χ1n) is 5.78. The predicted molar refractivity (Wildman–Crippen MR) is 63.5 cm³/mol. The van der Waals surface area contributed by atoms with E-state index in [9.17, 15) is 5.11 Å². The third-order valence-corrected chi connectivity index (χ3v) is 2.66. The van der Waals surface area contributed by atoms with E-state index in [1.54, 1.807) is 12.4 Å². The van der Waals surface area contributed by atoms with Gasteiger partial charge in [0.05, 0.1) is 18.5 Å². The summed E-state index contributed by atoms with van der Waals surface area (Å²) in [5.41, 5.74) is 0. The molecule has 0 aliphatic heterocycles. The average molecular weight is 222 g/mol. The first-order chi connectivity index (χ1) is 7.78. The van der Waals surface area contributed by atoms with Gasteiger partial charge in [-0.1, -0.05) is 6.92 Å². The zero-order chi connectivity index (χ0) is 11.4. The molecule has 1 heterocycles. The topological polar surface area (TPSA) is 70.1 Å². The Kier molecular flexibility index (Phi) is 3.56. The fourth-order valence-corrected chi connectivity index (χ4v) is 1.69. The van der Waals surface area contributed by atoms with Crippen LogP contribution in [-0.4, -0.2) is 33.8 Å². The first kappa shape index (κ1) is 11.1. The van der Waals surface area contributed by atoms with Crippen LogP contribution in [0.3, 0.4) is 0 Å². The molecule has 1 aromatic rings. The van der Waals surface area contributed by atoms with Crippen LogP contribution in [0.5, 0.6) is 0 Å². The van der Waals surface area contributed by atoms with Gasteiger partial charge in [-0.25, -0.2) is 4.98 Å². The van der Waals surface area contributed by atoms with Gasteiger partial charge in [-0.3, -0.25) is 4.98 Å². The third kappa shape index (κ3) is 2.82. The molecule has 3 N–H and O–H groups in total. The number of anilines is 2. The van der Waals surface area contributed by atoms with E-state index >= 15 is 0 Å². The van der Waals surface area contributed by atoms with Crippen molar-refractivity contribution < 1.29 is 5.11 Å². The number of nitrogens with zero attached hydrogens (tertiary/aromatic N) is 2. The SMILES string of the molecule is CCCNc1cncc(NC2CC(O)C2)n1. The maximum atomic E-state index is 9.18. The number of aromatic nitrogens is 2. The van der Waals surface area contributed by atoms with Crippen LogP contribution in [0.25, 0.3) is 0 Å². The lowest BCUT2D eigenvalue weighted by Gasteiger charge is -2.32. The van der Waals surface area contributed by atoms with Crippen LogP contribution < -0.4 is 10.6 Å². The Hall–Kier alpha value is -1.36. The zero-order valence-electron chi connectivity index (χ0n) is 9.48. The van der Waals surface area contributed by atoms with E-state index in [1.165, 1.54) is 0 Å². The molecular formula is C11H18N4O. The van der Waals surface area contributed by atoms with E-state index in [-0.39, 0.29) is 6.10 Å². The molecule has 1 saturated carbocycles. The molecule has 1 aromatic heterocycles. The lowest BCUT2D eigenvalue weighted by molar-refractivity contribution is 0.0835. The minimum Gasteiger partial charge on any atom is -0.393 e. The standard InChI is InChI=1S/C11H18N4O/c1-2-3-13-10-6-12-7-11(15-10)14-8-4-9(16)5-8/h6-9,16H,2-5H2,1H3,(H2,13,14,15). The Labute approximate surface area is 95.3 Å². The summed E-state index contributed by atoms with van der Waals surface area (Å²) < 4.78 is 0. The van der Waals surface area contributed by atoms with Gasteiger partial charge >= 0.3 is 0 Å². The highest BCUT2D eigenvalue weighted by atomic mass is 16.3. The summed E-state index contributed by atoms with van der Waals surface area (Å²) in [5.74, 6) is 1.57. The molecule has 1 fully saturated rings. The van der Waals surface area contributed by atoms with Crippen LogP contribution in [0.1, 0.15) is 26.2 Å². The largest absolute Gasteiger partial charge is 0.393 e. The lowest BCUT2D eigenvalue weighted by Crippen LogP contribution is -2.39. The zero-order valence-corrected chi connectivity index (χ0v) is 9.48. The van der Waals surface area contributed by atoms with Gasteiger partial charge in [0.2, 0.25) is 0 Å². The molecule has 0 unspecified atom stereocenters. The molecule has 1 aliphatic rings. The van der Waals surface area contributed by atoms with Crippen LogP contribution in [-0.2, 0) is 0 Å². The van der Waals surface area contributed by atoms with Crippen LogP contribution in [0.15, 0.2) is 12.4 Å². The number of aliphatic hydroxyl groups excluding tert-OH is 1. The molecular weight excluding hydrogens is 204 g/mol. The Morgan fingerprint density at radius 2 is 2.12 bits per heavy atom. The maximum absolute atomic E-state index is 9.18. The van der Waals surface area contributed by atoms with Crippen LogP contribution in [0.4, 0.5) is 11.6 Å². The highest BCUT2D eigenvalue weighted by Crippen LogP contribution is 2.23. The quantitative estimate of drug-likeness (QED) is 0.699. The molecule has 88 valence electrons. The molecule has 1 aliphatic carbocycles. The smallest absolute Gasteiger partial charge is 0.147 e. The summed E-state index contributed by atoms with van der Waals surface area (Å²) in [7, 11) is 0. The molecule has 0 aromatic carbocycles. The molecule has 0 saturated heterocycles. The second-order valence-electron chi connectivity index (χ2n) is 4.18. The number of nitrogens with one attached hydrogen (secondary N) is 2. The maximum Gasteiger partial charge on any atom is 0.147 e. The van der Waals surface area contributed by atoms with Crippen LogP contribution in [0.2, 0.25) is 0 Å². The number of aliphatic hydroxyl groups is 1. The second kappa shape index (κ2) is 5.12. The van der Waals surface area contributed by atoms with Crippen molar-refractivity contribution >= 4 is 11.6 Å². The molecule has 0 radical (unpaired) electrons. The number of hydrogen-bond donors (Lipinski definition) is 3. The fraction of sp³-hybridized carbons (Fsp3) is 0.636. The van der Waals surface area contributed by atoms with Crippen molar-refractivity contribution in [2.24, 2.45) is 0 Å². The van der Waals surface area contributed by atoms with E-state index in [2.05, 4.69) is 27.5 Å². The monoisotopic (exact) mass is 222 g/mol. The normalized spacial score (nSPS) is 23.6. The minimum atomic E-state index is -0.146. The molecule has 0 atom stereocenters. The van der Waals surface area contributed by atoms with E-state index in [4.69, 9.17) is 0 Å². The summed E-state index contributed by atoms with van der Waals surface area (Å²) in [6, 6.07) is 0.339. The summed E-state index contributed by atoms with van der Waals surface area (Å²) in [5, 5.41) is 15.6. The fourth-order valence-electron chi connectivity index (χ4n) is 1.69. The highest BCUT2D eigenvalue weighted by molar-refractivity contribution is 5.42. The molecule has 16 heavy (non-hydrogen) atoms. The van der Waals surface area contributed by atoms with E-state index in [0.717, 1.165) is 37.4 Å².